The first kappa shape index (κ1) is 8.70. The Morgan fingerprint density at radius 3 is 2.38 bits per heavy atom. The van der Waals surface area contributed by atoms with Crippen LogP contribution in [-0.2, 0) is 0 Å². The van der Waals surface area contributed by atoms with Crippen molar-refractivity contribution >= 4 is 0 Å². The third-order valence-corrected chi connectivity index (χ3v) is 3.20. The van der Waals surface area contributed by atoms with Crippen molar-refractivity contribution < 1.29 is 0 Å². The van der Waals surface area contributed by atoms with Gasteiger partial charge in [0.25, 0.3) is 0 Å². The van der Waals surface area contributed by atoms with Crippen LogP contribution in [0.1, 0.15) is 31.0 Å². The molecule has 1 aliphatic rings. The lowest BCUT2D eigenvalue weighted by Crippen LogP contribution is -2.06. The lowest BCUT2D eigenvalue weighted by atomic mass is 10.0. The van der Waals surface area contributed by atoms with Crippen molar-refractivity contribution in [3.05, 3.63) is 29.6 Å². The van der Waals surface area contributed by atoms with Gasteiger partial charge < -0.3 is 5.73 Å². The van der Waals surface area contributed by atoms with Gasteiger partial charge in [-0.15, -0.1) is 0 Å². The Balaban J connectivity index is 2.25. The molecule has 2 atom stereocenters. The molecule has 0 radical (unpaired) electrons. The molecule has 0 bridgehead atoms. The lowest BCUT2D eigenvalue weighted by molar-refractivity contribution is 0.598. The van der Waals surface area contributed by atoms with Gasteiger partial charge in [-0.2, -0.15) is 0 Å². The Kier molecular flexibility index (Phi) is 1.70. The molecule has 0 aliphatic heterocycles. The summed E-state index contributed by atoms with van der Waals surface area (Å²) in [6.07, 6.45) is 1.95. The van der Waals surface area contributed by atoms with Gasteiger partial charge in [-0.3, -0.25) is 4.98 Å². The van der Waals surface area contributed by atoms with Gasteiger partial charge in [0, 0.05) is 23.9 Å². The number of hydrogen-bond acceptors (Lipinski definition) is 2. The fourth-order valence-electron chi connectivity index (χ4n) is 1.98. The van der Waals surface area contributed by atoms with Crippen LogP contribution >= 0.6 is 0 Å². The summed E-state index contributed by atoms with van der Waals surface area (Å²) in [5.41, 5.74) is 8.59. The second kappa shape index (κ2) is 2.55. The summed E-state index contributed by atoms with van der Waals surface area (Å²) in [5.74, 6) is 0.501. The van der Waals surface area contributed by atoms with Crippen LogP contribution in [0.15, 0.2) is 18.3 Å². The summed E-state index contributed by atoms with van der Waals surface area (Å²) in [6.45, 7) is 6.42. The molecular formula is C11H16N2. The predicted molar refractivity (Wildman–Crippen MR) is 53.5 cm³/mol. The van der Waals surface area contributed by atoms with E-state index < -0.39 is 0 Å². The molecule has 1 heterocycles. The third kappa shape index (κ3) is 1.25. The summed E-state index contributed by atoms with van der Waals surface area (Å²) >= 11 is 0. The lowest BCUT2D eigenvalue weighted by Gasteiger charge is -2.01. The zero-order chi connectivity index (χ0) is 9.64. The molecule has 1 fully saturated rings. The quantitative estimate of drug-likeness (QED) is 0.709. The number of pyridine rings is 1. The van der Waals surface area contributed by atoms with E-state index in [1.54, 1.807) is 0 Å². The molecule has 0 aromatic carbocycles. The van der Waals surface area contributed by atoms with Crippen LogP contribution < -0.4 is 5.73 Å². The van der Waals surface area contributed by atoms with Gasteiger partial charge in [-0.1, -0.05) is 19.9 Å². The van der Waals surface area contributed by atoms with Gasteiger partial charge in [0.15, 0.2) is 0 Å². The van der Waals surface area contributed by atoms with E-state index in [1.807, 2.05) is 13.1 Å². The van der Waals surface area contributed by atoms with Gasteiger partial charge in [0.2, 0.25) is 0 Å². The third-order valence-electron chi connectivity index (χ3n) is 3.20. The summed E-state index contributed by atoms with van der Waals surface area (Å²) in [5, 5.41) is 0. The van der Waals surface area contributed by atoms with Crippen molar-refractivity contribution in [3.63, 3.8) is 0 Å². The molecule has 70 valence electrons. The Morgan fingerprint density at radius 2 is 2.00 bits per heavy atom. The SMILES string of the molecule is Cc1ccc(C2C(N)C2(C)C)cn1. The zero-order valence-electron chi connectivity index (χ0n) is 8.41. The zero-order valence-corrected chi connectivity index (χ0v) is 8.41. The highest BCUT2D eigenvalue weighted by Gasteiger charge is 2.56. The Bertz CT molecular complexity index is 313. The number of aromatic nitrogens is 1. The van der Waals surface area contributed by atoms with Crippen LogP contribution in [0.3, 0.4) is 0 Å². The number of hydrogen-bond donors (Lipinski definition) is 1. The number of aryl methyl sites for hydroxylation is 1. The van der Waals surface area contributed by atoms with Gasteiger partial charge >= 0.3 is 0 Å². The number of nitrogens with two attached hydrogens (primary N) is 1. The molecule has 1 aliphatic carbocycles. The standard InChI is InChI=1S/C11H16N2/c1-7-4-5-8(6-13-7)9-10(12)11(9,2)3/h4-6,9-10H,12H2,1-3H3. The minimum atomic E-state index is 0.261. The van der Waals surface area contributed by atoms with Gasteiger partial charge in [-0.25, -0.2) is 0 Å². The minimum absolute atomic E-state index is 0.261. The van der Waals surface area contributed by atoms with Crippen molar-refractivity contribution in [2.45, 2.75) is 32.7 Å². The summed E-state index contributed by atoms with van der Waals surface area (Å²) in [7, 11) is 0. The second-order valence-electron chi connectivity index (χ2n) is 4.56. The number of rotatable bonds is 1. The van der Waals surface area contributed by atoms with E-state index in [0.29, 0.717) is 12.0 Å². The maximum atomic E-state index is 5.99. The molecule has 1 aromatic heterocycles. The molecule has 2 unspecified atom stereocenters. The largest absolute Gasteiger partial charge is 0.327 e. The van der Waals surface area contributed by atoms with Crippen molar-refractivity contribution in [3.8, 4) is 0 Å². The van der Waals surface area contributed by atoms with Crippen molar-refractivity contribution in [1.82, 2.24) is 4.98 Å². The minimum Gasteiger partial charge on any atom is -0.327 e. The van der Waals surface area contributed by atoms with Gasteiger partial charge in [0.05, 0.1) is 0 Å². The van der Waals surface area contributed by atoms with E-state index in [4.69, 9.17) is 5.73 Å². The molecule has 0 amide bonds. The van der Waals surface area contributed by atoms with Crippen molar-refractivity contribution in [2.24, 2.45) is 11.1 Å². The molecular weight excluding hydrogens is 160 g/mol. The molecule has 1 saturated carbocycles. The highest BCUT2D eigenvalue weighted by Crippen LogP contribution is 2.56. The molecule has 2 nitrogen and oxygen atoms in total. The Morgan fingerprint density at radius 1 is 1.38 bits per heavy atom. The van der Waals surface area contributed by atoms with E-state index in [9.17, 15) is 0 Å². The molecule has 0 saturated heterocycles. The average Bonchev–Trinajstić information content (AvgIpc) is 2.55. The van der Waals surface area contributed by atoms with E-state index in [1.165, 1.54) is 5.56 Å². The molecule has 2 N–H and O–H groups in total. The van der Waals surface area contributed by atoms with Gasteiger partial charge in [-0.05, 0) is 24.0 Å². The Labute approximate surface area is 79.2 Å². The van der Waals surface area contributed by atoms with E-state index in [0.717, 1.165) is 5.69 Å². The Hall–Kier alpha value is -0.890. The first-order valence-electron chi connectivity index (χ1n) is 4.71. The van der Waals surface area contributed by atoms with Gasteiger partial charge in [0.1, 0.15) is 0 Å². The normalized spacial score (nSPS) is 30.2. The highest BCUT2D eigenvalue weighted by atomic mass is 14.8. The first-order valence-corrected chi connectivity index (χ1v) is 4.71. The predicted octanol–water partition coefficient (Wildman–Crippen LogP) is 1.84. The summed E-state index contributed by atoms with van der Waals surface area (Å²) in [6, 6.07) is 4.50. The molecule has 0 spiro atoms. The molecule has 2 heteroatoms. The topological polar surface area (TPSA) is 38.9 Å². The highest BCUT2D eigenvalue weighted by molar-refractivity contribution is 5.32. The maximum absolute atomic E-state index is 5.99. The smallest absolute Gasteiger partial charge is 0.0372 e. The average molecular weight is 176 g/mol. The van der Waals surface area contributed by atoms with Crippen LogP contribution in [0, 0.1) is 12.3 Å². The number of nitrogens with zero attached hydrogens (tertiary/aromatic N) is 1. The van der Waals surface area contributed by atoms with Crippen LogP contribution in [0.5, 0.6) is 0 Å². The summed E-state index contributed by atoms with van der Waals surface area (Å²) < 4.78 is 0. The van der Waals surface area contributed by atoms with Crippen LogP contribution in [0.2, 0.25) is 0 Å². The van der Waals surface area contributed by atoms with E-state index in [2.05, 4.69) is 31.0 Å². The molecule has 1 aromatic rings. The monoisotopic (exact) mass is 176 g/mol. The van der Waals surface area contributed by atoms with Crippen LogP contribution in [0.4, 0.5) is 0 Å². The first-order chi connectivity index (χ1) is 6.03. The molecule has 2 rings (SSSR count). The van der Waals surface area contributed by atoms with Crippen molar-refractivity contribution in [1.29, 1.82) is 0 Å². The second-order valence-corrected chi connectivity index (χ2v) is 4.56. The van der Waals surface area contributed by atoms with Crippen LogP contribution in [-0.4, -0.2) is 11.0 Å². The fraction of sp³-hybridized carbons (Fsp3) is 0.545. The maximum Gasteiger partial charge on any atom is 0.0372 e. The summed E-state index contributed by atoms with van der Waals surface area (Å²) in [4.78, 5) is 4.28. The van der Waals surface area contributed by atoms with E-state index in [-0.39, 0.29) is 5.41 Å². The van der Waals surface area contributed by atoms with Crippen LogP contribution in [0.25, 0.3) is 0 Å². The van der Waals surface area contributed by atoms with E-state index >= 15 is 0 Å². The van der Waals surface area contributed by atoms with Crippen molar-refractivity contribution in [2.75, 3.05) is 0 Å². The molecule has 13 heavy (non-hydrogen) atoms. The fourth-order valence-corrected chi connectivity index (χ4v) is 1.98.